The van der Waals surface area contributed by atoms with E-state index in [1.165, 1.54) is 18.2 Å². The fourth-order valence-corrected chi connectivity index (χ4v) is 1.37. The average molecular weight is 231 g/mol. The summed E-state index contributed by atoms with van der Waals surface area (Å²) in [7, 11) is 0. The van der Waals surface area contributed by atoms with Gasteiger partial charge in [-0.05, 0) is 23.8 Å². The molecule has 1 unspecified atom stereocenters. The molecule has 0 saturated carbocycles. The van der Waals surface area contributed by atoms with Crippen LogP contribution in [0.3, 0.4) is 0 Å². The van der Waals surface area contributed by atoms with Gasteiger partial charge in [0, 0.05) is 4.47 Å². The van der Waals surface area contributed by atoms with Gasteiger partial charge in [-0.15, -0.1) is 6.58 Å². The summed E-state index contributed by atoms with van der Waals surface area (Å²) >= 11 is 3.13. The van der Waals surface area contributed by atoms with E-state index in [1.807, 2.05) is 0 Å². The van der Waals surface area contributed by atoms with E-state index in [0.29, 0.717) is 10.0 Å². The Kier molecular flexibility index (Phi) is 3.00. The van der Waals surface area contributed by atoms with Crippen molar-refractivity contribution in [3.63, 3.8) is 0 Å². The van der Waals surface area contributed by atoms with Crippen LogP contribution in [0.4, 0.5) is 4.39 Å². The van der Waals surface area contributed by atoms with Crippen molar-refractivity contribution in [1.82, 2.24) is 0 Å². The minimum atomic E-state index is -0.808. The van der Waals surface area contributed by atoms with E-state index in [0.717, 1.165) is 0 Å². The minimum absolute atomic E-state index is 0.375. The highest BCUT2D eigenvalue weighted by molar-refractivity contribution is 9.10. The molecule has 1 N–H and O–H groups in total. The van der Waals surface area contributed by atoms with Gasteiger partial charge in [0.25, 0.3) is 0 Å². The van der Waals surface area contributed by atoms with E-state index in [4.69, 9.17) is 0 Å². The Morgan fingerprint density at radius 3 is 2.67 bits per heavy atom. The Morgan fingerprint density at radius 1 is 1.50 bits per heavy atom. The van der Waals surface area contributed by atoms with Gasteiger partial charge in [0.2, 0.25) is 0 Å². The number of aliphatic hydroxyl groups excluding tert-OH is 1. The lowest BCUT2D eigenvalue weighted by molar-refractivity contribution is 0.228. The van der Waals surface area contributed by atoms with Crippen molar-refractivity contribution < 1.29 is 9.50 Å². The molecule has 12 heavy (non-hydrogen) atoms. The molecular weight excluding hydrogens is 223 g/mol. The van der Waals surface area contributed by atoms with Crippen molar-refractivity contribution >= 4 is 15.9 Å². The summed E-state index contributed by atoms with van der Waals surface area (Å²) < 4.78 is 13.4. The predicted octanol–water partition coefficient (Wildman–Crippen LogP) is 2.81. The van der Waals surface area contributed by atoms with Gasteiger partial charge in [0.05, 0.1) is 6.10 Å². The fraction of sp³-hybridized carbons (Fsp3) is 0.111. The third kappa shape index (κ3) is 2.16. The summed E-state index contributed by atoms with van der Waals surface area (Å²) in [6, 6.07) is 4.26. The number of hydrogen-bond donors (Lipinski definition) is 1. The molecule has 0 heterocycles. The molecule has 1 rings (SSSR count). The second-order valence-electron chi connectivity index (χ2n) is 2.38. The summed E-state index contributed by atoms with van der Waals surface area (Å²) in [4.78, 5) is 0. The summed E-state index contributed by atoms with van der Waals surface area (Å²) in [5.74, 6) is -0.375. The van der Waals surface area contributed by atoms with Crippen LogP contribution in [0.2, 0.25) is 0 Å². The SMILES string of the molecule is C=CC(O)c1cc(F)cc(Br)c1. The Balaban J connectivity index is 3.08. The topological polar surface area (TPSA) is 20.2 Å². The number of benzene rings is 1. The van der Waals surface area contributed by atoms with E-state index in [1.54, 1.807) is 6.07 Å². The monoisotopic (exact) mass is 230 g/mol. The fourth-order valence-electron chi connectivity index (χ4n) is 0.882. The van der Waals surface area contributed by atoms with Gasteiger partial charge >= 0.3 is 0 Å². The highest BCUT2D eigenvalue weighted by Gasteiger charge is 2.04. The van der Waals surface area contributed by atoms with E-state index in [-0.39, 0.29) is 5.82 Å². The highest BCUT2D eigenvalue weighted by Crippen LogP contribution is 2.20. The van der Waals surface area contributed by atoms with Gasteiger partial charge in [-0.25, -0.2) is 4.39 Å². The quantitative estimate of drug-likeness (QED) is 0.776. The van der Waals surface area contributed by atoms with Crippen molar-refractivity contribution in [3.05, 3.63) is 46.7 Å². The third-order valence-electron chi connectivity index (χ3n) is 1.45. The Hall–Kier alpha value is -0.670. The van der Waals surface area contributed by atoms with Crippen LogP contribution in [0.5, 0.6) is 0 Å². The van der Waals surface area contributed by atoms with Crippen LogP contribution in [0, 0.1) is 5.82 Å². The van der Waals surface area contributed by atoms with Crippen LogP contribution in [0.15, 0.2) is 35.3 Å². The molecular formula is C9H8BrFO. The van der Waals surface area contributed by atoms with Crippen LogP contribution >= 0.6 is 15.9 Å². The maximum atomic E-state index is 12.7. The van der Waals surface area contributed by atoms with Gasteiger partial charge < -0.3 is 5.11 Å². The van der Waals surface area contributed by atoms with Crippen molar-refractivity contribution in [2.45, 2.75) is 6.10 Å². The number of rotatable bonds is 2. The molecule has 0 bridgehead atoms. The van der Waals surface area contributed by atoms with Crippen LogP contribution in [0.25, 0.3) is 0 Å². The largest absolute Gasteiger partial charge is 0.384 e. The second kappa shape index (κ2) is 3.83. The van der Waals surface area contributed by atoms with Crippen molar-refractivity contribution in [2.75, 3.05) is 0 Å². The molecule has 0 aromatic heterocycles. The van der Waals surface area contributed by atoms with Crippen molar-refractivity contribution in [1.29, 1.82) is 0 Å². The lowest BCUT2D eigenvalue weighted by atomic mass is 10.1. The van der Waals surface area contributed by atoms with E-state index in [2.05, 4.69) is 22.5 Å². The molecule has 1 aromatic rings. The van der Waals surface area contributed by atoms with Crippen molar-refractivity contribution in [2.24, 2.45) is 0 Å². The van der Waals surface area contributed by atoms with Gasteiger partial charge in [-0.3, -0.25) is 0 Å². The van der Waals surface area contributed by atoms with Crippen LogP contribution in [-0.2, 0) is 0 Å². The maximum Gasteiger partial charge on any atom is 0.124 e. The lowest BCUT2D eigenvalue weighted by Gasteiger charge is -2.05. The molecule has 1 aromatic carbocycles. The minimum Gasteiger partial charge on any atom is -0.384 e. The van der Waals surface area contributed by atoms with Crippen LogP contribution < -0.4 is 0 Å². The van der Waals surface area contributed by atoms with Crippen LogP contribution in [-0.4, -0.2) is 5.11 Å². The molecule has 0 aliphatic rings. The standard InChI is InChI=1S/C9H8BrFO/c1-2-9(12)6-3-7(10)5-8(11)4-6/h2-5,9,12H,1H2. The van der Waals surface area contributed by atoms with E-state index in [9.17, 15) is 9.50 Å². The summed E-state index contributed by atoms with van der Waals surface area (Å²) in [6.45, 7) is 3.41. The first-order chi connectivity index (χ1) is 5.63. The summed E-state index contributed by atoms with van der Waals surface area (Å²) in [5, 5.41) is 9.27. The van der Waals surface area contributed by atoms with Crippen molar-refractivity contribution in [3.8, 4) is 0 Å². The Labute approximate surface area is 78.7 Å². The third-order valence-corrected chi connectivity index (χ3v) is 1.91. The number of hydrogen-bond acceptors (Lipinski definition) is 1. The maximum absolute atomic E-state index is 12.7. The average Bonchev–Trinajstić information content (AvgIpc) is 2.01. The molecule has 3 heteroatoms. The Morgan fingerprint density at radius 2 is 2.17 bits per heavy atom. The molecule has 0 radical (unpaired) electrons. The van der Waals surface area contributed by atoms with E-state index < -0.39 is 6.10 Å². The molecule has 64 valence electrons. The first kappa shape index (κ1) is 9.42. The molecule has 1 atom stereocenters. The molecule has 0 aliphatic carbocycles. The smallest absolute Gasteiger partial charge is 0.124 e. The molecule has 0 saturated heterocycles. The molecule has 0 aliphatic heterocycles. The normalized spacial score (nSPS) is 12.6. The number of aliphatic hydroxyl groups is 1. The molecule has 0 fully saturated rings. The molecule has 0 spiro atoms. The van der Waals surface area contributed by atoms with E-state index >= 15 is 0 Å². The molecule has 0 amide bonds. The summed E-state index contributed by atoms with van der Waals surface area (Å²) in [5.41, 5.74) is 0.497. The highest BCUT2D eigenvalue weighted by atomic mass is 79.9. The van der Waals surface area contributed by atoms with Gasteiger partial charge in [-0.1, -0.05) is 22.0 Å². The molecule has 1 nitrogen and oxygen atoms in total. The first-order valence-electron chi connectivity index (χ1n) is 3.40. The van der Waals surface area contributed by atoms with Gasteiger partial charge in [0.1, 0.15) is 5.82 Å². The van der Waals surface area contributed by atoms with Gasteiger partial charge in [0.15, 0.2) is 0 Å². The number of halogens is 2. The second-order valence-corrected chi connectivity index (χ2v) is 3.30. The predicted molar refractivity (Wildman–Crippen MR) is 49.3 cm³/mol. The Bertz CT molecular complexity index is 278. The van der Waals surface area contributed by atoms with Crippen LogP contribution in [0.1, 0.15) is 11.7 Å². The zero-order chi connectivity index (χ0) is 9.14. The zero-order valence-corrected chi connectivity index (χ0v) is 7.88. The summed E-state index contributed by atoms with van der Waals surface area (Å²) in [6.07, 6.45) is 0.540. The van der Waals surface area contributed by atoms with Gasteiger partial charge in [-0.2, -0.15) is 0 Å². The zero-order valence-electron chi connectivity index (χ0n) is 6.30. The first-order valence-corrected chi connectivity index (χ1v) is 4.19. The lowest BCUT2D eigenvalue weighted by Crippen LogP contribution is -1.93.